The molecule has 0 aliphatic carbocycles. The number of esters is 1. The smallest absolute Gasteiger partial charge is 0.338 e. The van der Waals surface area contributed by atoms with Crippen molar-refractivity contribution in [2.45, 2.75) is 6.61 Å². The standard InChI is InChI=1S/C18H14FNO4/c1-22-16-4-2-3-13(9-16)18(21)23-11-15-10-17(24-20-15)12-5-7-14(19)8-6-12/h2-10H,11H2,1H3. The van der Waals surface area contributed by atoms with E-state index in [1.165, 1.54) is 19.2 Å². The number of ether oxygens (including phenoxy) is 2. The van der Waals surface area contributed by atoms with Crippen LogP contribution in [0.5, 0.6) is 5.75 Å². The lowest BCUT2D eigenvalue weighted by molar-refractivity contribution is 0.0464. The Morgan fingerprint density at radius 2 is 1.96 bits per heavy atom. The molecule has 5 nitrogen and oxygen atoms in total. The highest BCUT2D eigenvalue weighted by atomic mass is 19.1. The minimum absolute atomic E-state index is 0.0270. The Bertz CT molecular complexity index is 842. The van der Waals surface area contributed by atoms with Crippen molar-refractivity contribution >= 4 is 5.97 Å². The Kier molecular flexibility index (Phi) is 4.56. The lowest BCUT2D eigenvalue weighted by Gasteiger charge is -2.04. The lowest BCUT2D eigenvalue weighted by Crippen LogP contribution is -2.05. The van der Waals surface area contributed by atoms with Gasteiger partial charge in [0.25, 0.3) is 0 Å². The number of rotatable bonds is 5. The summed E-state index contributed by atoms with van der Waals surface area (Å²) < 4.78 is 28.4. The van der Waals surface area contributed by atoms with E-state index in [1.807, 2.05) is 0 Å². The second-order valence-corrected chi connectivity index (χ2v) is 5.00. The number of carbonyl (C=O) groups is 1. The second kappa shape index (κ2) is 6.95. The van der Waals surface area contributed by atoms with Gasteiger partial charge < -0.3 is 14.0 Å². The molecule has 0 amide bonds. The van der Waals surface area contributed by atoms with E-state index >= 15 is 0 Å². The number of methoxy groups -OCH3 is 1. The molecule has 0 bridgehead atoms. The normalized spacial score (nSPS) is 10.4. The lowest BCUT2D eigenvalue weighted by atomic mass is 10.1. The van der Waals surface area contributed by atoms with Crippen molar-refractivity contribution in [3.63, 3.8) is 0 Å². The molecule has 0 spiro atoms. The number of benzene rings is 2. The minimum atomic E-state index is -0.486. The van der Waals surface area contributed by atoms with E-state index in [9.17, 15) is 9.18 Å². The van der Waals surface area contributed by atoms with E-state index < -0.39 is 5.97 Å². The molecule has 0 saturated heterocycles. The molecule has 0 atom stereocenters. The average Bonchev–Trinajstić information content (AvgIpc) is 3.09. The van der Waals surface area contributed by atoms with Crippen LogP contribution in [0, 0.1) is 5.82 Å². The minimum Gasteiger partial charge on any atom is -0.497 e. The van der Waals surface area contributed by atoms with E-state index in [0.29, 0.717) is 28.3 Å². The maximum absolute atomic E-state index is 12.9. The summed E-state index contributed by atoms with van der Waals surface area (Å²) in [5.74, 6) is 0.234. The van der Waals surface area contributed by atoms with E-state index in [-0.39, 0.29) is 12.4 Å². The number of carbonyl (C=O) groups excluding carboxylic acids is 1. The molecule has 0 unspecified atom stereocenters. The number of nitrogens with zero attached hydrogens (tertiary/aromatic N) is 1. The Morgan fingerprint density at radius 3 is 2.71 bits per heavy atom. The molecule has 0 aliphatic rings. The fraction of sp³-hybridized carbons (Fsp3) is 0.111. The van der Waals surface area contributed by atoms with Crippen molar-refractivity contribution in [1.82, 2.24) is 5.16 Å². The van der Waals surface area contributed by atoms with Gasteiger partial charge in [0, 0.05) is 11.6 Å². The SMILES string of the molecule is COc1cccc(C(=O)OCc2cc(-c3ccc(F)cc3)on2)c1. The summed E-state index contributed by atoms with van der Waals surface area (Å²) in [6.45, 7) is -0.0270. The van der Waals surface area contributed by atoms with Gasteiger partial charge in [-0.15, -0.1) is 0 Å². The van der Waals surface area contributed by atoms with Gasteiger partial charge in [0.05, 0.1) is 12.7 Å². The zero-order valence-electron chi connectivity index (χ0n) is 12.9. The molecule has 0 N–H and O–H groups in total. The van der Waals surface area contributed by atoms with Gasteiger partial charge in [0.2, 0.25) is 0 Å². The zero-order valence-corrected chi connectivity index (χ0v) is 12.9. The summed E-state index contributed by atoms with van der Waals surface area (Å²) in [5.41, 5.74) is 1.54. The van der Waals surface area contributed by atoms with Gasteiger partial charge in [-0.2, -0.15) is 0 Å². The fourth-order valence-electron chi connectivity index (χ4n) is 2.10. The van der Waals surface area contributed by atoms with Gasteiger partial charge in [0.15, 0.2) is 5.76 Å². The first-order valence-corrected chi connectivity index (χ1v) is 7.18. The summed E-state index contributed by atoms with van der Waals surface area (Å²) in [4.78, 5) is 12.0. The molecular formula is C18H14FNO4. The Labute approximate surface area is 137 Å². The van der Waals surface area contributed by atoms with Gasteiger partial charge in [-0.05, 0) is 42.5 Å². The molecule has 2 aromatic carbocycles. The summed E-state index contributed by atoms with van der Waals surface area (Å²) in [6.07, 6.45) is 0. The molecule has 122 valence electrons. The molecule has 3 aromatic rings. The number of halogens is 1. The topological polar surface area (TPSA) is 61.6 Å². The molecule has 3 rings (SSSR count). The van der Waals surface area contributed by atoms with Gasteiger partial charge in [0.1, 0.15) is 23.9 Å². The number of hydrogen-bond donors (Lipinski definition) is 0. The third-order valence-corrected chi connectivity index (χ3v) is 3.34. The van der Waals surface area contributed by atoms with E-state index in [1.54, 1.807) is 42.5 Å². The van der Waals surface area contributed by atoms with Crippen LogP contribution in [0.25, 0.3) is 11.3 Å². The maximum Gasteiger partial charge on any atom is 0.338 e. The highest BCUT2D eigenvalue weighted by Crippen LogP contribution is 2.21. The van der Waals surface area contributed by atoms with Crippen LogP contribution in [0.3, 0.4) is 0 Å². The zero-order chi connectivity index (χ0) is 16.9. The predicted octanol–water partition coefficient (Wildman–Crippen LogP) is 3.85. The van der Waals surface area contributed by atoms with Crippen LogP contribution in [0.15, 0.2) is 59.1 Å². The van der Waals surface area contributed by atoms with Crippen molar-refractivity contribution in [2.24, 2.45) is 0 Å². The van der Waals surface area contributed by atoms with Gasteiger partial charge in [-0.3, -0.25) is 0 Å². The molecular weight excluding hydrogens is 313 g/mol. The van der Waals surface area contributed by atoms with E-state index in [2.05, 4.69) is 5.16 Å². The molecule has 0 fully saturated rings. The monoisotopic (exact) mass is 327 g/mol. The molecule has 0 saturated carbocycles. The third-order valence-electron chi connectivity index (χ3n) is 3.34. The first-order chi connectivity index (χ1) is 11.7. The van der Waals surface area contributed by atoms with Crippen LogP contribution in [0.1, 0.15) is 16.1 Å². The summed E-state index contributed by atoms with van der Waals surface area (Å²) >= 11 is 0. The van der Waals surface area contributed by atoms with Gasteiger partial charge >= 0.3 is 5.97 Å². The highest BCUT2D eigenvalue weighted by molar-refractivity contribution is 5.89. The van der Waals surface area contributed by atoms with Crippen LogP contribution in [0.2, 0.25) is 0 Å². The first-order valence-electron chi connectivity index (χ1n) is 7.18. The average molecular weight is 327 g/mol. The summed E-state index contributed by atoms with van der Waals surface area (Å²) in [6, 6.07) is 14.2. The summed E-state index contributed by atoms with van der Waals surface area (Å²) in [5, 5.41) is 3.84. The highest BCUT2D eigenvalue weighted by Gasteiger charge is 2.12. The van der Waals surface area contributed by atoms with Gasteiger partial charge in [-0.1, -0.05) is 11.2 Å². The van der Waals surface area contributed by atoms with E-state index in [4.69, 9.17) is 14.0 Å². The predicted molar refractivity (Wildman–Crippen MR) is 84.0 cm³/mol. The van der Waals surface area contributed by atoms with Gasteiger partial charge in [-0.25, -0.2) is 9.18 Å². The molecule has 6 heteroatoms. The number of aromatic nitrogens is 1. The molecule has 24 heavy (non-hydrogen) atoms. The quantitative estimate of drug-likeness (QED) is 0.666. The Balaban J connectivity index is 1.64. The molecule has 1 heterocycles. The first kappa shape index (κ1) is 15.7. The maximum atomic E-state index is 12.9. The van der Waals surface area contributed by atoms with Crippen molar-refractivity contribution in [1.29, 1.82) is 0 Å². The molecule has 0 aliphatic heterocycles. The Hall–Kier alpha value is -3.15. The number of hydrogen-bond acceptors (Lipinski definition) is 5. The molecule has 1 aromatic heterocycles. The van der Waals surface area contributed by atoms with Crippen LogP contribution >= 0.6 is 0 Å². The fourth-order valence-corrected chi connectivity index (χ4v) is 2.10. The van der Waals surface area contributed by atoms with Crippen LogP contribution < -0.4 is 4.74 Å². The second-order valence-electron chi connectivity index (χ2n) is 5.00. The van der Waals surface area contributed by atoms with Crippen LogP contribution in [-0.4, -0.2) is 18.2 Å². The largest absolute Gasteiger partial charge is 0.497 e. The van der Waals surface area contributed by atoms with Crippen molar-refractivity contribution in [2.75, 3.05) is 7.11 Å². The molecule has 0 radical (unpaired) electrons. The Morgan fingerprint density at radius 1 is 1.17 bits per heavy atom. The van der Waals surface area contributed by atoms with E-state index in [0.717, 1.165) is 0 Å². The van der Waals surface area contributed by atoms with Crippen molar-refractivity contribution in [3.05, 3.63) is 71.7 Å². The van der Waals surface area contributed by atoms with Crippen LogP contribution in [0.4, 0.5) is 4.39 Å². The third kappa shape index (κ3) is 3.60. The van der Waals surface area contributed by atoms with Crippen LogP contribution in [-0.2, 0) is 11.3 Å². The summed E-state index contributed by atoms with van der Waals surface area (Å²) in [7, 11) is 1.52. The van der Waals surface area contributed by atoms with Crippen molar-refractivity contribution in [3.8, 4) is 17.1 Å². The van der Waals surface area contributed by atoms with Crippen molar-refractivity contribution < 1.29 is 23.2 Å².